The molecule has 3 heteroatoms. The second kappa shape index (κ2) is 4.42. The zero-order valence-corrected chi connectivity index (χ0v) is 7.93. The molecule has 1 atom stereocenters. The molecule has 0 fully saturated rings. The van der Waals surface area contributed by atoms with Crippen molar-refractivity contribution in [2.45, 2.75) is 26.8 Å². The highest BCUT2D eigenvalue weighted by Gasteiger charge is 2.17. The Morgan fingerprint density at radius 1 is 1.44 bits per heavy atom. The van der Waals surface area contributed by atoms with Crippen molar-refractivity contribution in [3.05, 3.63) is 0 Å². The molecule has 0 spiro atoms. The molecule has 0 aliphatic carbocycles. The first-order valence-corrected chi connectivity index (χ1v) is 3.48. The third kappa shape index (κ3) is 5.07. The fourth-order valence-electron chi connectivity index (χ4n) is 0.274. The van der Waals surface area contributed by atoms with Gasteiger partial charge in [-0.1, -0.05) is 20.8 Å². The van der Waals surface area contributed by atoms with Crippen LogP contribution in [0.15, 0.2) is 0 Å². The minimum atomic E-state index is 0. The molecule has 9 heavy (non-hydrogen) atoms. The second-order valence-corrected chi connectivity index (χ2v) is 3.52. The molecule has 0 amide bonds. The molecule has 0 rings (SSSR count). The highest BCUT2D eigenvalue weighted by Crippen LogP contribution is 2.17. The summed E-state index contributed by atoms with van der Waals surface area (Å²) >= 11 is 4.08. The largest absolute Gasteiger partial charge is 0.326 e. The lowest BCUT2D eigenvalue weighted by Crippen LogP contribution is -2.36. The maximum Gasteiger partial charge on any atom is 0.0177 e. The first-order valence-electron chi connectivity index (χ1n) is 2.85. The van der Waals surface area contributed by atoms with Crippen LogP contribution in [-0.2, 0) is 0 Å². The summed E-state index contributed by atoms with van der Waals surface area (Å²) in [5.74, 6) is 0.767. The van der Waals surface area contributed by atoms with E-state index in [4.69, 9.17) is 5.73 Å². The van der Waals surface area contributed by atoms with Crippen molar-refractivity contribution >= 4 is 25.0 Å². The van der Waals surface area contributed by atoms with E-state index in [0.29, 0.717) is 0 Å². The molecule has 0 aromatic rings. The van der Waals surface area contributed by atoms with Crippen molar-refractivity contribution in [2.75, 3.05) is 5.75 Å². The monoisotopic (exact) mass is 169 g/mol. The SMILES string of the molecule is CC(C)(C)[C@H](N)CS.Cl. The van der Waals surface area contributed by atoms with Gasteiger partial charge in [-0.25, -0.2) is 0 Å². The van der Waals surface area contributed by atoms with Gasteiger partial charge in [0.05, 0.1) is 0 Å². The molecule has 0 saturated heterocycles. The molecular formula is C6H16ClNS. The molecule has 0 heterocycles. The van der Waals surface area contributed by atoms with Gasteiger partial charge in [-0.05, 0) is 5.41 Å². The van der Waals surface area contributed by atoms with Crippen LogP contribution in [0.2, 0.25) is 0 Å². The Balaban J connectivity index is 0. The van der Waals surface area contributed by atoms with Crippen molar-refractivity contribution in [3.8, 4) is 0 Å². The topological polar surface area (TPSA) is 26.0 Å². The molecule has 0 aromatic carbocycles. The van der Waals surface area contributed by atoms with Crippen LogP contribution < -0.4 is 5.73 Å². The number of hydrogen-bond acceptors (Lipinski definition) is 2. The van der Waals surface area contributed by atoms with Crippen LogP contribution in [0.3, 0.4) is 0 Å². The van der Waals surface area contributed by atoms with E-state index in [1.54, 1.807) is 0 Å². The quantitative estimate of drug-likeness (QED) is 0.575. The summed E-state index contributed by atoms with van der Waals surface area (Å²) in [5, 5.41) is 0. The van der Waals surface area contributed by atoms with Crippen molar-refractivity contribution in [2.24, 2.45) is 11.1 Å². The van der Waals surface area contributed by atoms with Crippen molar-refractivity contribution in [1.29, 1.82) is 0 Å². The van der Waals surface area contributed by atoms with Crippen LogP contribution in [0.5, 0.6) is 0 Å². The van der Waals surface area contributed by atoms with E-state index in [1.807, 2.05) is 0 Å². The molecule has 2 N–H and O–H groups in total. The fraction of sp³-hybridized carbons (Fsp3) is 1.00. The average Bonchev–Trinajstić information content (AvgIpc) is 1.62. The minimum absolute atomic E-state index is 0. The van der Waals surface area contributed by atoms with E-state index < -0.39 is 0 Å². The number of hydrogen-bond donors (Lipinski definition) is 2. The maximum absolute atomic E-state index is 5.67. The molecule has 0 bridgehead atoms. The van der Waals surface area contributed by atoms with Crippen LogP contribution in [0, 0.1) is 5.41 Å². The molecule has 58 valence electrons. The van der Waals surface area contributed by atoms with E-state index in [1.165, 1.54) is 0 Å². The summed E-state index contributed by atoms with van der Waals surface area (Å²) in [5.41, 5.74) is 5.88. The van der Waals surface area contributed by atoms with E-state index in [0.717, 1.165) is 5.75 Å². The Morgan fingerprint density at radius 3 is 1.78 bits per heavy atom. The summed E-state index contributed by atoms with van der Waals surface area (Å²) in [6.07, 6.45) is 0. The molecule has 0 aliphatic heterocycles. The molecule has 1 nitrogen and oxygen atoms in total. The summed E-state index contributed by atoms with van der Waals surface area (Å²) in [4.78, 5) is 0. The van der Waals surface area contributed by atoms with Crippen molar-refractivity contribution in [1.82, 2.24) is 0 Å². The van der Waals surface area contributed by atoms with Crippen LogP contribution in [0.25, 0.3) is 0 Å². The summed E-state index contributed by atoms with van der Waals surface area (Å²) in [7, 11) is 0. The molecule has 0 radical (unpaired) electrons. The van der Waals surface area contributed by atoms with Gasteiger partial charge in [-0.15, -0.1) is 12.4 Å². The normalized spacial score (nSPS) is 14.3. The van der Waals surface area contributed by atoms with Gasteiger partial charge >= 0.3 is 0 Å². The highest BCUT2D eigenvalue weighted by molar-refractivity contribution is 7.80. The highest BCUT2D eigenvalue weighted by atomic mass is 35.5. The van der Waals surface area contributed by atoms with Crippen LogP contribution in [0.1, 0.15) is 20.8 Å². The summed E-state index contributed by atoms with van der Waals surface area (Å²) in [6.45, 7) is 6.36. The van der Waals surface area contributed by atoms with Crippen LogP contribution >= 0.6 is 25.0 Å². The Labute approximate surface area is 69.2 Å². The Hall–Kier alpha value is 0.600. The maximum atomic E-state index is 5.67. The number of thiol groups is 1. The van der Waals surface area contributed by atoms with E-state index in [2.05, 4.69) is 33.4 Å². The standard InChI is InChI=1S/C6H15NS.ClH/c1-6(2,3)5(7)4-8;/h5,8H,4,7H2,1-3H3;1H/t5-;/m1./s1. The fourth-order valence-corrected chi connectivity index (χ4v) is 0.822. The Kier molecular flexibility index (Phi) is 6.04. The van der Waals surface area contributed by atoms with Gasteiger partial charge in [0, 0.05) is 11.8 Å². The number of rotatable bonds is 1. The summed E-state index contributed by atoms with van der Waals surface area (Å²) in [6, 6.07) is 0.214. The lowest BCUT2D eigenvalue weighted by Gasteiger charge is -2.24. The minimum Gasteiger partial charge on any atom is -0.326 e. The van der Waals surface area contributed by atoms with Crippen LogP contribution in [0.4, 0.5) is 0 Å². The first-order chi connectivity index (χ1) is 3.48. The van der Waals surface area contributed by atoms with E-state index in [-0.39, 0.29) is 23.9 Å². The lowest BCUT2D eigenvalue weighted by atomic mass is 9.89. The number of halogens is 1. The van der Waals surface area contributed by atoms with Gasteiger partial charge in [0.2, 0.25) is 0 Å². The van der Waals surface area contributed by atoms with Gasteiger partial charge in [0.15, 0.2) is 0 Å². The Morgan fingerprint density at radius 2 is 1.78 bits per heavy atom. The van der Waals surface area contributed by atoms with E-state index in [9.17, 15) is 0 Å². The van der Waals surface area contributed by atoms with Gasteiger partial charge in [-0.2, -0.15) is 12.6 Å². The smallest absolute Gasteiger partial charge is 0.0177 e. The predicted octanol–water partition coefficient (Wildman–Crippen LogP) is 1.71. The molecule has 0 saturated carbocycles. The van der Waals surface area contributed by atoms with Gasteiger partial charge < -0.3 is 5.73 Å². The van der Waals surface area contributed by atoms with Gasteiger partial charge in [-0.3, -0.25) is 0 Å². The van der Waals surface area contributed by atoms with Gasteiger partial charge in [0.1, 0.15) is 0 Å². The van der Waals surface area contributed by atoms with Crippen molar-refractivity contribution < 1.29 is 0 Å². The van der Waals surface area contributed by atoms with Crippen molar-refractivity contribution in [3.63, 3.8) is 0 Å². The van der Waals surface area contributed by atoms with E-state index >= 15 is 0 Å². The molecule has 0 aromatic heterocycles. The second-order valence-electron chi connectivity index (χ2n) is 3.16. The molecular weight excluding hydrogens is 154 g/mol. The third-order valence-electron chi connectivity index (χ3n) is 1.31. The zero-order valence-electron chi connectivity index (χ0n) is 6.22. The Bertz CT molecular complexity index is 69.9. The molecule has 0 aliphatic rings. The van der Waals surface area contributed by atoms with Crippen LogP contribution in [-0.4, -0.2) is 11.8 Å². The third-order valence-corrected chi connectivity index (χ3v) is 1.70. The summed E-state index contributed by atoms with van der Waals surface area (Å²) < 4.78 is 0. The first kappa shape index (κ1) is 12.3. The van der Waals surface area contributed by atoms with Gasteiger partial charge in [0.25, 0.3) is 0 Å². The lowest BCUT2D eigenvalue weighted by molar-refractivity contribution is 0.344. The molecule has 0 unspecified atom stereocenters. The average molecular weight is 170 g/mol. The zero-order chi connectivity index (χ0) is 6.78. The number of nitrogens with two attached hydrogens (primary N) is 1. The predicted molar refractivity (Wildman–Crippen MR) is 48.5 cm³/mol.